The topological polar surface area (TPSA) is 30.5 Å². The normalized spacial score (nSPS) is 27.0. The van der Waals surface area contributed by atoms with E-state index in [1.54, 1.807) is 0 Å². The van der Waals surface area contributed by atoms with Gasteiger partial charge in [-0.05, 0) is 19.9 Å². The second-order valence-corrected chi connectivity index (χ2v) is 3.97. The second kappa shape index (κ2) is 6.42. The number of nitrogens with one attached hydrogen (secondary N) is 1. The van der Waals surface area contributed by atoms with Gasteiger partial charge in [0.05, 0.1) is 6.10 Å². The predicted octanol–water partition coefficient (Wildman–Crippen LogP) is 2.07. The van der Waals surface area contributed by atoms with Crippen molar-refractivity contribution in [2.45, 2.75) is 44.0 Å². The zero-order chi connectivity index (χ0) is 12.0. The fourth-order valence-corrected chi connectivity index (χ4v) is 1.92. The fourth-order valence-electron chi connectivity index (χ4n) is 1.92. The molecular weight excluding hydrogens is 223 g/mol. The molecule has 1 aliphatic carbocycles. The number of ether oxygens (including phenoxy) is 2. The molecule has 1 saturated carbocycles. The summed E-state index contributed by atoms with van der Waals surface area (Å²) in [5, 5.41) is 3.11. The SMILES string of the molecule is CNC1CCCCC1OCOCC(F)(F)F. The highest BCUT2D eigenvalue weighted by Crippen LogP contribution is 2.21. The van der Waals surface area contributed by atoms with Gasteiger partial charge >= 0.3 is 6.18 Å². The van der Waals surface area contributed by atoms with E-state index in [0.29, 0.717) is 0 Å². The van der Waals surface area contributed by atoms with Gasteiger partial charge in [-0.1, -0.05) is 12.8 Å². The molecule has 0 aromatic rings. The highest BCUT2D eigenvalue weighted by molar-refractivity contribution is 4.80. The van der Waals surface area contributed by atoms with Crippen molar-refractivity contribution in [1.82, 2.24) is 5.32 Å². The number of likely N-dealkylation sites (N-methyl/N-ethyl adjacent to an activating group) is 1. The molecular formula is C10H18F3NO2. The van der Waals surface area contributed by atoms with Crippen LogP contribution in [0.1, 0.15) is 25.7 Å². The molecule has 2 atom stereocenters. The molecule has 1 aliphatic rings. The molecule has 0 bridgehead atoms. The molecule has 96 valence electrons. The third-order valence-corrected chi connectivity index (χ3v) is 2.70. The Morgan fingerprint density at radius 2 is 1.94 bits per heavy atom. The summed E-state index contributed by atoms with van der Waals surface area (Å²) in [6.07, 6.45) is -0.247. The highest BCUT2D eigenvalue weighted by Gasteiger charge is 2.28. The van der Waals surface area contributed by atoms with E-state index < -0.39 is 12.8 Å². The number of hydrogen-bond donors (Lipinski definition) is 1. The average Bonchev–Trinajstić information content (AvgIpc) is 2.23. The first-order valence-electron chi connectivity index (χ1n) is 5.46. The standard InChI is InChI=1S/C10H18F3NO2/c1-14-8-4-2-3-5-9(8)16-7-15-6-10(11,12)13/h8-9,14H,2-7H2,1H3. The maximum absolute atomic E-state index is 11.8. The van der Waals surface area contributed by atoms with Crippen molar-refractivity contribution in [3.63, 3.8) is 0 Å². The summed E-state index contributed by atoms with van der Waals surface area (Å²) in [6, 6.07) is 0.225. The molecule has 1 fully saturated rings. The Kier molecular flexibility index (Phi) is 5.51. The van der Waals surface area contributed by atoms with Crippen LogP contribution in [0.4, 0.5) is 13.2 Å². The van der Waals surface area contributed by atoms with Crippen LogP contribution in [0, 0.1) is 0 Å². The molecule has 3 nitrogen and oxygen atoms in total. The van der Waals surface area contributed by atoms with E-state index in [1.165, 1.54) is 0 Å². The lowest BCUT2D eigenvalue weighted by atomic mass is 9.93. The third-order valence-electron chi connectivity index (χ3n) is 2.70. The van der Waals surface area contributed by atoms with Gasteiger partial charge in [-0.25, -0.2) is 0 Å². The van der Waals surface area contributed by atoms with Gasteiger partial charge < -0.3 is 14.8 Å². The summed E-state index contributed by atoms with van der Waals surface area (Å²) in [6.45, 7) is -1.54. The third kappa shape index (κ3) is 5.14. The molecule has 16 heavy (non-hydrogen) atoms. The molecule has 6 heteroatoms. The Morgan fingerprint density at radius 1 is 1.25 bits per heavy atom. The van der Waals surface area contributed by atoms with Crippen molar-refractivity contribution in [1.29, 1.82) is 0 Å². The minimum Gasteiger partial charge on any atom is -0.351 e. The van der Waals surface area contributed by atoms with Crippen LogP contribution in [0.3, 0.4) is 0 Å². The van der Waals surface area contributed by atoms with Gasteiger partial charge in [-0.2, -0.15) is 13.2 Å². The van der Waals surface area contributed by atoms with Crippen molar-refractivity contribution in [3.8, 4) is 0 Å². The summed E-state index contributed by atoms with van der Waals surface area (Å²) >= 11 is 0. The lowest BCUT2D eigenvalue weighted by molar-refractivity contribution is -0.205. The van der Waals surface area contributed by atoms with Crippen LogP contribution in [-0.2, 0) is 9.47 Å². The molecule has 0 aromatic heterocycles. The number of alkyl halides is 3. The maximum Gasteiger partial charge on any atom is 0.411 e. The zero-order valence-electron chi connectivity index (χ0n) is 9.35. The molecule has 0 aliphatic heterocycles. The van der Waals surface area contributed by atoms with E-state index in [9.17, 15) is 13.2 Å². The molecule has 1 rings (SSSR count). The van der Waals surface area contributed by atoms with Crippen molar-refractivity contribution < 1.29 is 22.6 Å². The predicted molar refractivity (Wildman–Crippen MR) is 53.1 cm³/mol. The first-order chi connectivity index (χ1) is 7.53. The maximum atomic E-state index is 11.8. The largest absolute Gasteiger partial charge is 0.411 e. The number of halogens is 3. The van der Waals surface area contributed by atoms with E-state index in [4.69, 9.17) is 4.74 Å². The summed E-state index contributed by atoms with van der Waals surface area (Å²) in [4.78, 5) is 0. The van der Waals surface area contributed by atoms with E-state index in [2.05, 4.69) is 10.1 Å². The smallest absolute Gasteiger partial charge is 0.351 e. The van der Waals surface area contributed by atoms with E-state index in [0.717, 1.165) is 25.7 Å². The van der Waals surface area contributed by atoms with Crippen molar-refractivity contribution in [2.24, 2.45) is 0 Å². The van der Waals surface area contributed by atoms with Crippen molar-refractivity contribution >= 4 is 0 Å². The molecule has 0 aromatic carbocycles. The number of rotatable bonds is 5. The molecule has 0 radical (unpaired) electrons. The number of hydrogen-bond acceptors (Lipinski definition) is 3. The van der Waals surface area contributed by atoms with Gasteiger partial charge in [0.2, 0.25) is 0 Å². The lowest BCUT2D eigenvalue weighted by Gasteiger charge is -2.31. The van der Waals surface area contributed by atoms with Gasteiger partial charge in [0, 0.05) is 6.04 Å². The lowest BCUT2D eigenvalue weighted by Crippen LogP contribution is -2.42. The van der Waals surface area contributed by atoms with Crippen LogP contribution in [0.15, 0.2) is 0 Å². The van der Waals surface area contributed by atoms with Gasteiger partial charge in [0.15, 0.2) is 0 Å². The van der Waals surface area contributed by atoms with Crippen LogP contribution in [0.2, 0.25) is 0 Å². The Labute approximate surface area is 93.3 Å². The van der Waals surface area contributed by atoms with Crippen molar-refractivity contribution in [3.05, 3.63) is 0 Å². The van der Waals surface area contributed by atoms with E-state index in [-0.39, 0.29) is 18.9 Å². The van der Waals surface area contributed by atoms with Crippen LogP contribution in [-0.4, -0.2) is 38.8 Å². The fraction of sp³-hybridized carbons (Fsp3) is 1.00. The molecule has 0 spiro atoms. The minimum absolute atomic E-state index is 0.0352. The zero-order valence-corrected chi connectivity index (χ0v) is 9.35. The van der Waals surface area contributed by atoms with Crippen LogP contribution < -0.4 is 5.32 Å². The summed E-state index contributed by atoms with van der Waals surface area (Å²) in [5.41, 5.74) is 0. The molecule has 1 N–H and O–H groups in total. The summed E-state index contributed by atoms with van der Waals surface area (Å²) < 4.78 is 45.0. The van der Waals surface area contributed by atoms with Gasteiger partial charge in [-0.15, -0.1) is 0 Å². The quantitative estimate of drug-likeness (QED) is 0.590. The summed E-state index contributed by atoms with van der Waals surface area (Å²) in [7, 11) is 1.84. The van der Waals surface area contributed by atoms with Crippen LogP contribution in [0.5, 0.6) is 0 Å². The first kappa shape index (κ1) is 13.7. The van der Waals surface area contributed by atoms with Gasteiger partial charge in [-0.3, -0.25) is 0 Å². The Balaban J connectivity index is 2.15. The Morgan fingerprint density at radius 3 is 2.56 bits per heavy atom. The monoisotopic (exact) mass is 241 g/mol. The Hall–Kier alpha value is -0.330. The average molecular weight is 241 g/mol. The minimum atomic E-state index is -4.28. The Bertz CT molecular complexity index is 199. The highest BCUT2D eigenvalue weighted by atomic mass is 19.4. The van der Waals surface area contributed by atoms with Crippen LogP contribution >= 0.6 is 0 Å². The molecule has 0 amide bonds. The van der Waals surface area contributed by atoms with Gasteiger partial charge in [0.1, 0.15) is 13.4 Å². The van der Waals surface area contributed by atoms with E-state index in [1.807, 2.05) is 7.05 Å². The van der Waals surface area contributed by atoms with Crippen LogP contribution in [0.25, 0.3) is 0 Å². The van der Waals surface area contributed by atoms with Crippen molar-refractivity contribution in [2.75, 3.05) is 20.4 Å². The molecule has 0 saturated heterocycles. The molecule has 0 heterocycles. The first-order valence-corrected chi connectivity index (χ1v) is 5.46. The second-order valence-electron chi connectivity index (χ2n) is 3.97. The summed E-state index contributed by atoms with van der Waals surface area (Å²) in [5.74, 6) is 0. The van der Waals surface area contributed by atoms with Gasteiger partial charge in [0.25, 0.3) is 0 Å². The van der Waals surface area contributed by atoms with E-state index >= 15 is 0 Å². The molecule has 2 unspecified atom stereocenters.